The number of nitrogens with zero attached hydrogens (tertiary/aromatic N) is 4. The van der Waals surface area contributed by atoms with Crippen LogP contribution in [0.25, 0.3) is 11.0 Å². The molecule has 0 saturated heterocycles. The molecule has 1 aliphatic heterocycles. The van der Waals surface area contributed by atoms with E-state index in [0.717, 1.165) is 4.90 Å². The summed E-state index contributed by atoms with van der Waals surface area (Å²) in [4.78, 5) is 43.7. The van der Waals surface area contributed by atoms with Crippen LogP contribution in [-0.4, -0.2) is 62.1 Å². The molecule has 0 unspecified atom stereocenters. The lowest BCUT2D eigenvalue weighted by Gasteiger charge is -2.15. The van der Waals surface area contributed by atoms with E-state index in [-0.39, 0.29) is 49.8 Å². The second-order valence-electron chi connectivity index (χ2n) is 9.09. The van der Waals surface area contributed by atoms with Crippen LogP contribution in [0.2, 0.25) is 0 Å². The SMILES string of the molecule is O=C(COc1ccc2nc(CN3C(=O)c4ccccc4C3=O)n(CCO)c2c1)NCCC[n+]1cccc(O)c1. The Kier molecular flexibility index (Phi) is 7.50. The second-order valence-corrected chi connectivity index (χ2v) is 9.09. The van der Waals surface area contributed by atoms with E-state index in [1.54, 1.807) is 65.4 Å². The Bertz CT molecular complexity index is 1510. The van der Waals surface area contributed by atoms with Crippen molar-refractivity contribution < 1.29 is 33.9 Å². The van der Waals surface area contributed by atoms with Crippen molar-refractivity contribution in [2.45, 2.75) is 26.1 Å². The molecule has 39 heavy (non-hydrogen) atoms. The third kappa shape index (κ3) is 5.58. The third-order valence-corrected chi connectivity index (χ3v) is 6.43. The molecule has 11 heteroatoms. The van der Waals surface area contributed by atoms with Gasteiger partial charge in [0.15, 0.2) is 18.6 Å². The standard InChI is InChI=1S/C28H27N5O6/c34-14-13-32-24-15-20(39-18-26(36)29-10-4-12-31-11-3-5-19(35)16-31)8-9-23(24)30-25(32)17-33-27(37)21-6-1-2-7-22(21)28(33)38/h1-3,5-9,11,15-16,34H,4,10,12-14,17-18H2,(H-,29,35,36)/p+1. The fourth-order valence-electron chi connectivity index (χ4n) is 4.57. The van der Waals surface area contributed by atoms with Crippen LogP contribution in [0.4, 0.5) is 0 Å². The largest absolute Gasteiger partial charge is 0.503 e. The Hall–Kier alpha value is -4.77. The number of nitrogens with one attached hydrogen (secondary N) is 1. The first-order valence-electron chi connectivity index (χ1n) is 12.6. The van der Waals surface area contributed by atoms with Gasteiger partial charge in [0.05, 0.1) is 35.3 Å². The van der Waals surface area contributed by atoms with Gasteiger partial charge in [-0.2, -0.15) is 0 Å². The molecule has 0 atom stereocenters. The molecule has 11 nitrogen and oxygen atoms in total. The van der Waals surface area contributed by atoms with Crippen molar-refractivity contribution >= 4 is 28.8 Å². The van der Waals surface area contributed by atoms with E-state index >= 15 is 0 Å². The lowest BCUT2D eigenvalue weighted by atomic mass is 10.1. The van der Waals surface area contributed by atoms with E-state index in [9.17, 15) is 24.6 Å². The molecule has 2 aromatic carbocycles. The van der Waals surface area contributed by atoms with E-state index in [0.29, 0.717) is 53.2 Å². The minimum atomic E-state index is -0.381. The van der Waals surface area contributed by atoms with Crippen molar-refractivity contribution in [2.75, 3.05) is 19.8 Å². The number of rotatable bonds is 11. The monoisotopic (exact) mass is 530 g/mol. The number of aromatic nitrogens is 3. The number of fused-ring (bicyclic) bond motifs is 2. The quantitative estimate of drug-likeness (QED) is 0.151. The predicted octanol–water partition coefficient (Wildman–Crippen LogP) is 1.40. The van der Waals surface area contributed by atoms with Crippen LogP contribution < -0.4 is 14.6 Å². The maximum atomic E-state index is 12.8. The number of imidazole rings is 1. The molecule has 3 heterocycles. The van der Waals surface area contributed by atoms with Crippen LogP contribution in [0.15, 0.2) is 67.0 Å². The van der Waals surface area contributed by atoms with Gasteiger partial charge in [-0.15, -0.1) is 0 Å². The van der Waals surface area contributed by atoms with Crippen molar-refractivity contribution in [1.82, 2.24) is 19.8 Å². The number of pyridine rings is 1. The molecule has 5 rings (SSSR count). The number of amides is 3. The lowest BCUT2D eigenvalue weighted by molar-refractivity contribution is -0.697. The van der Waals surface area contributed by atoms with Gasteiger partial charge < -0.3 is 24.8 Å². The van der Waals surface area contributed by atoms with Gasteiger partial charge in [0.25, 0.3) is 17.7 Å². The fraction of sp³-hybridized carbons (Fsp3) is 0.250. The van der Waals surface area contributed by atoms with Crippen LogP contribution in [0.3, 0.4) is 0 Å². The van der Waals surface area contributed by atoms with Gasteiger partial charge in [-0.1, -0.05) is 12.1 Å². The molecule has 0 radical (unpaired) electrons. The van der Waals surface area contributed by atoms with Gasteiger partial charge in [0, 0.05) is 31.6 Å². The minimum absolute atomic E-state index is 0.0412. The normalized spacial score (nSPS) is 12.7. The number of aliphatic hydroxyl groups is 1. The van der Waals surface area contributed by atoms with E-state index in [4.69, 9.17) is 4.74 Å². The molecular weight excluding hydrogens is 502 g/mol. The van der Waals surface area contributed by atoms with E-state index in [1.807, 2.05) is 10.8 Å². The highest BCUT2D eigenvalue weighted by molar-refractivity contribution is 6.21. The first-order chi connectivity index (χ1) is 18.9. The molecule has 0 bridgehead atoms. The van der Waals surface area contributed by atoms with Crippen LogP contribution in [-0.2, 0) is 24.4 Å². The summed E-state index contributed by atoms with van der Waals surface area (Å²) in [6.07, 6.45) is 4.14. The number of carbonyl (C=O) groups is 3. The summed E-state index contributed by atoms with van der Waals surface area (Å²) < 4.78 is 9.27. The van der Waals surface area contributed by atoms with Gasteiger partial charge in [0.2, 0.25) is 6.20 Å². The van der Waals surface area contributed by atoms with Crippen molar-refractivity contribution in [3.63, 3.8) is 0 Å². The maximum absolute atomic E-state index is 12.8. The number of aliphatic hydroxyl groups excluding tert-OH is 1. The van der Waals surface area contributed by atoms with Crippen molar-refractivity contribution in [2.24, 2.45) is 0 Å². The summed E-state index contributed by atoms with van der Waals surface area (Å²) in [5, 5.41) is 22.0. The minimum Gasteiger partial charge on any atom is -0.503 e. The molecule has 200 valence electrons. The molecular formula is C28H28N5O6+. The highest BCUT2D eigenvalue weighted by atomic mass is 16.5. The van der Waals surface area contributed by atoms with Crippen molar-refractivity contribution in [3.05, 3.63) is 83.9 Å². The molecule has 3 amide bonds. The van der Waals surface area contributed by atoms with Gasteiger partial charge >= 0.3 is 0 Å². The summed E-state index contributed by atoms with van der Waals surface area (Å²) >= 11 is 0. The average molecular weight is 531 g/mol. The Labute approximate surface area is 223 Å². The van der Waals surface area contributed by atoms with Crippen LogP contribution in [0, 0.1) is 0 Å². The summed E-state index contributed by atoms with van der Waals surface area (Å²) in [5.41, 5.74) is 1.98. The molecule has 0 spiro atoms. The Balaban J connectivity index is 1.22. The van der Waals surface area contributed by atoms with Crippen molar-refractivity contribution in [1.29, 1.82) is 0 Å². The number of hydrogen-bond acceptors (Lipinski definition) is 7. The molecule has 0 aliphatic carbocycles. The zero-order chi connectivity index (χ0) is 27.4. The van der Waals surface area contributed by atoms with Crippen LogP contribution >= 0.6 is 0 Å². The second kappa shape index (κ2) is 11.3. The first kappa shape index (κ1) is 25.9. The molecule has 0 saturated carbocycles. The zero-order valence-corrected chi connectivity index (χ0v) is 21.1. The number of ether oxygens (including phenoxy) is 1. The molecule has 3 N–H and O–H groups in total. The summed E-state index contributed by atoms with van der Waals surface area (Å²) in [6.45, 7) is 0.908. The summed E-state index contributed by atoms with van der Waals surface area (Å²) in [6, 6.07) is 15.2. The zero-order valence-electron chi connectivity index (χ0n) is 21.1. The number of imide groups is 1. The Morgan fingerprint density at radius 3 is 2.54 bits per heavy atom. The number of hydrogen-bond donors (Lipinski definition) is 3. The Morgan fingerprint density at radius 1 is 1.05 bits per heavy atom. The highest BCUT2D eigenvalue weighted by Gasteiger charge is 2.36. The number of carbonyl (C=O) groups excluding carboxylic acids is 3. The average Bonchev–Trinajstić information content (AvgIpc) is 3.40. The molecule has 4 aromatic rings. The fourth-order valence-corrected chi connectivity index (χ4v) is 4.57. The van der Waals surface area contributed by atoms with Crippen molar-refractivity contribution in [3.8, 4) is 11.5 Å². The van der Waals surface area contributed by atoms with E-state index in [2.05, 4.69) is 10.3 Å². The number of aromatic hydroxyl groups is 1. The van der Waals surface area contributed by atoms with Gasteiger partial charge in [0.1, 0.15) is 18.1 Å². The summed E-state index contributed by atoms with van der Waals surface area (Å²) in [7, 11) is 0. The molecule has 2 aromatic heterocycles. The molecule has 1 aliphatic rings. The third-order valence-electron chi connectivity index (χ3n) is 6.43. The van der Waals surface area contributed by atoms with Crippen LogP contribution in [0.1, 0.15) is 33.0 Å². The lowest BCUT2D eigenvalue weighted by Crippen LogP contribution is -2.36. The van der Waals surface area contributed by atoms with Gasteiger partial charge in [-0.05, 0) is 30.3 Å². The molecule has 0 fully saturated rings. The van der Waals surface area contributed by atoms with Gasteiger partial charge in [-0.25, -0.2) is 9.55 Å². The summed E-state index contributed by atoms with van der Waals surface area (Å²) in [5.74, 6) is 0.0454. The predicted molar refractivity (Wildman–Crippen MR) is 139 cm³/mol. The topological polar surface area (TPSA) is 138 Å². The number of benzene rings is 2. The highest BCUT2D eigenvalue weighted by Crippen LogP contribution is 2.27. The first-order valence-corrected chi connectivity index (χ1v) is 12.6. The Morgan fingerprint density at radius 2 is 1.82 bits per heavy atom. The van der Waals surface area contributed by atoms with Crippen LogP contribution in [0.5, 0.6) is 11.5 Å². The van der Waals surface area contributed by atoms with Gasteiger partial charge in [-0.3, -0.25) is 19.3 Å². The smallest absolute Gasteiger partial charge is 0.261 e. The van der Waals surface area contributed by atoms with E-state index < -0.39 is 0 Å². The maximum Gasteiger partial charge on any atom is 0.261 e. The number of aryl methyl sites for hydroxylation is 1. The van der Waals surface area contributed by atoms with E-state index in [1.165, 1.54) is 0 Å².